The molecule has 6 fully saturated rings. The van der Waals surface area contributed by atoms with Gasteiger partial charge in [0, 0.05) is 0 Å². The molecule has 0 aromatic rings. The number of aliphatic hydroxyl groups excluding tert-OH is 24. The summed E-state index contributed by atoms with van der Waals surface area (Å²) in [6, 6.07) is 0. The van der Waals surface area contributed by atoms with E-state index < -0.39 is 262 Å². The van der Waals surface area contributed by atoms with Gasteiger partial charge >= 0.3 is 0 Å². The smallest absolute Gasteiger partial charge is 0.187 e. The van der Waals surface area contributed by atoms with Gasteiger partial charge in [-0.15, -0.1) is 0 Å². The zero-order chi connectivity index (χ0) is 57.8. The highest BCUT2D eigenvalue weighted by molar-refractivity contribution is 4.97. The Bertz CT molecular complexity index is 1760. The minimum absolute atomic E-state index is 0.738. The quantitative estimate of drug-likeness (QED) is 0.0452. The molecule has 78 heavy (non-hydrogen) atoms. The van der Waals surface area contributed by atoms with Gasteiger partial charge in [-0.25, -0.2) is 0 Å². The predicted octanol–water partition coefficient (Wildman–Crippen LogP) is -16.6. The fourth-order valence-electron chi connectivity index (χ4n) is 9.18. The van der Waals surface area contributed by atoms with Gasteiger partial charge in [-0.1, -0.05) is 0 Å². The largest absolute Gasteiger partial charge is 0.394 e. The second kappa shape index (κ2) is 28.9. The van der Waals surface area contributed by atoms with Gasteiger partial charge in [-0.3, -0.25) is 0 Å². The highest BCUT2D eigenvalue weighted by Crippen LogP contribution is 2.33. The molecular weight excluding hydrogens is 1080 g/mol. The van der Waals surface area contributed by atoms with Crippen molar-refractivity contribution in [1.82, 2.24) is 0 Å². The molecule has 36 nitrogen and oxygen atoms in total. The predicted molar refractivity (Wildman–Crippen MR) is 234 cm³/mol. The van der Waals surface area contributed by atoms with Gasteiger partial charge in [0.05, 0.1) is 52.9 Å². The Morgan fingerprint density at radius 2 is 0.615 bits per heavy atom. The first-order valence-corrected chi connectivity index (χ1v) is 24.6. The minimum atomic E-state index is -2.26. The summed E-state index contributed by atoms with van der Waals surface area (Å²) in [6.45, 7) is -7.37. The van der Waals surface area contributed by atoms with Gasteiger partial charge in [-0.2, -0.15) is 0 Å². The van der Waals surface area contributed by atoms with Gasteiger partial charge in [0.15, 0.2) is 37.7 Å². The van der Waals surface area contributed by atoms with Crippen LogP contribution in [0.1, 0.15) is 0 Å². The second-order valence-corrected chi connectivity index (χ2v) is 19.5. The van der Waals surface area contributed by atoms with Crippen LogP contribution in [0.15, 0.2) is 0 Å². The lowest BCUT2D eigenvalue weighted by Crippen LogP contribution is -2.65. The van der Waals surface area contributed by atoms with Crippen molar-refractivity contribution in [3.63, 3.8) is 0 Å². The monoisotopic (exact) mass is 1150 g/mol. The average Bonchev–Trinajstić information content (AvgIpc) is 3.44. The van der Waals surface area contributed by atoms with Crippen molar-refractivity contribution < 1.29 is 179 Å². The third-order valence-electron chi connectivity index (χ3n) is 14.1. The summed E-state index contributed by atoms with van der Waals surface area (Å²) in [5, 5.41) is 251. The summed E-state index contributed by atoms with van der Waals surface area (Å²) >= 11 is 0. The first-order chi connectivity index (χ1) is 36.8. The van der Waals surface area contributed by atoms with E-state index in [1.165, 1.54) is 0 Å². The molecule has 34 atom stereocenters. The van der Waals surface area contributed by atoms with E-state index in [9.17, 15) is 123 Å². The molecule has 458 valence electrons. The molecular formula is C42H74O36. The fourth-order valence-corrected chi connectivity index (χ4v) is 9.18. The molecule has 6 aliphatic heterocycles. The maximum absolute atomic E-state index is 11.4. The van der Waals surface area contributed by atoms with Gasteiger partial charge in [0.25, 0.3) is 0 Å². The Balaban J connectivity index is 1.05. The van der Waals surface area contributed by atoms with Crippen molar-refractivity contribution in [3.05, 3.63) is 0 Å². The van der Waals surface area contributed by atoms with E-state index in [4.69, 9.17) is 56.8 Å². The van der Waals surface area contributed by atoms with Gasteiger partial charge < -0.3 is 179 Å². The lowest BCUT2D eigenvalue weighted by Gasteiger charge is -2.47. The van der Waals surface area contributed by atoms with Crippen molar-refractivity contribution in [1.29, 1.82) is 0 Å². The van der Waals surface area contributed by atoms with Gasteiger partial charge in [0.2, 0.25) is 0 Å². The molecule has 6 saturated heterocycles. The van der Waals surface area contributed by atoms with Gasteiger partial charge in [0.1, 0.15) is 171 Å². The standard InChI is InChI=1S/C42H74O36/c43-1-9(47)35(77-41-32(64)25(57)19(51)12(3-45)73-41)17(49)10(48)5-67-37-30(62)26(58)21(53)15(74-37)7-70-40-34(66)36(23(55)13(4-46)72-40)78-42-33(65)28(60)22(54)16(76-42)8-69-39-31(63)27(59)20(52)14(75-39)6-68-38-29(61)24(56)18(50)11(2-44)71-38/h9-66H,1-8H2/t9-,10+,11+,12+,13+,14+,15+,16+,17+,18+,19+,20+,21+,22+,23+,24-,25-,26-,27-,28-,29+,30+,31+,32+,33+,34+,35+,36-,37+,38+,39+,40+,41-,42-/m0/s1. The number of hydrogen-bond donors (Lipinski definition) is 24. The Labute approximate surface area is 440 Å². The van der Waals surface area contributed by atoms with Crippen molar-refractivity contribution in [2.45, 2.75) is 209 Å². The topological polar surface area (TPSA) is 596 Å². The summed E-state index contributed by atoms with van der Waals surface area (Å²) in [5.74, 6) is 0. The molecule has 0 aromatic heterocycles. The Hall–Kier alpha value is -1.44. The molecule has 6 aliphatic rings. The highest BCUT2D eigenvalue weighted by Gasteiger charge is 2.54. The van der Waals surface area contributed by atoms with Crippen LogP contribution in [0.4, 0.5) is 0 Å². The number of rotatable bonds is 23. The van der Waals surface area contributed by atoms with Gasteiger partial charge in [-0.05, 0) is 0 Å². The first-order valence-electron chi connectivity index (χ1n) is 24.6. The molecule has 0 radical (unpaired) electrons. The van der Waals surface area contributed by atoms with Crippen LogP contribution < -0.4 is 0 Å². The SMILES string of the molecule is OC[C@H](O)[C@@H](O[C@@H]1O[C@H](CO)[C@@H](O)[C@H](O)[C@H]1O)[C@H](O)[C@H](O)CO[C@@H]1O[C@H](CO[C@@H]2O[C@H](CO)[C@@H](O)[C@H](O[C@@H]3O[C@H](CO[C@@H]4O[C@H](CO[C@@H]5O[C@H](CO)[C@@H](O)[C@H](O)[C@H]5O)[C@@H](O)[C@H](O)[C@H]4O)[C@@H](O)[C@H](O)[C@H]3O)[C@H]2O)[C@@H](O)[C@H](O)[C@H]1O. The van der Waals surface area contributed by atoms with E-state index >= 15 is 0 Å². The van der Waals surface area contributed by atoms with Crippen molar-refractivity contribution in [2.75, 3.05) is 52.9 Å². The summed E-state index contributed by atoms with van der Waals surface area (Å²) < 4.78 is 65.5. The Kier molecular flexibility index (Phi) is 24.3. The second-order valence-electron chi connectivity index (χ2n) is 19.5. The molecule has 0 saturated carbocycles. The molecule has 0 aliphatic carbocycles. The van der Waals surface area contributed by atoms with Crippen molar-refractivity contribution in [3.8, 4) is 0 Å². The third-order valence-corrected chi connectivity index (χ3v) is 14.1. The average molecular weight is 1160 g/mol. The van der Waals surface area contributed by atoms with E-state index in [2.05, 4.69) is 0 Å². The molecule has 0 amide bonds. The van der Waals surface area contributed by atoms with E-state index in [1.807, 2.05) is 0 Å². The number of aliphatic hydroxyl groups is 24. The Morgan fingerprint density at radius 1 is 0.308 bits per heavy atom. The van der Waals surface area contributed by atoms with E-state index in [0.29, 0.717) is 0 Å². The molecule has 6 heterocycles. The van der Waals surface area contributed by atoms with Crippen molar-refractivity contribution >= 4 is 0 Å². The van der Waals surface area contributed by atoms with Crippen molar-refractivity contribution in [2.24, 2.45) is 0 Å². The minimum Gasteiger partial charge on any atom is -0.394 e. The summed E-state index contributed by atoms with van der Waals surface area (Å²) in [4.78, 5) is 0. The summed E-state index contributed by atoms with van der Waals surface area (Å²) in [7, 11) is 0. The number of hydrogen-bond acceptors (Lipinski definition) is 36. The normalized spacial score (nSPS) is 49.2. The zero-order valence-corrected chi connectivity index (χ0v) is 40.9. The molecule has 0 bridgehead atoms. The lowest BCUT2D eigenvalue weighted by atomic mass is 9.96. The van der Waals surface area contributed by atoms with E-state index in [-0.39, 0.29) is 0 Å². The van der Waals surface area contributed by atoms with Crippen LogP contribution in [-0.4, -0.2) is 384 Å². The van der Waals surface area contributed by atoms with E-state index in [1.54, 1.807) is 0 Å². The van der Waals surface area contributed by atoms with Crippen LogP contribution >= 0.6 is 0 Å². The molecule has 0 unspecified atom stereocenters. The molecule has 6 rings (SSSR count). The third kappa shape index (κ3) is 14.5. The van der Waals surface area contributed by atoms with E-state index in [0.717, 1.165) is 0 Å². The van der Waals surface area contributed by atoms with Crippen LogP contribution in [-0.2, 0) is 56.8 Å². The lowest BCUT2D eigenvalue weighted by molar-refractivity contribution is -0.371. The van der Waals surface area contributed by atoms with Crippen LogP contribution in [0.3, 0.4) is 0 Å². The first kappa shape index (κ1) is 65.7. The van der Waals surface area contributed by atoms with Crippen LogP contribution in [0.5, 0.6) is 0 Å². The van der Waals surface area contributed by atoms with Crippen LogP contribution in [0.25, 0.3) is 0 Å². The van der Waals surface area contributed by atoms with Crippen LogP contribution in [0, 0.1) is 0 Å². The molecule has 24 N–H and O–H groups in total. The maximum Gasteiger partial charge on any atom is 0.187 e. The maximum atomic E-state index is 11.4. The Morgan fingerprint density at radius 3 is 1.01 bits per heavy atom. The molecule has 0 spiro atoms. The molecule has 36 heteroatoms. The fraction of sp³-hybridized carbons (Fsp3) is 1.00. The summed E-state index contributed by atoms with van der Waals surface area (Å²) in [5.41, 5.74) is 0. The summed E-state index contributed by atoms with van der Waals surface area (Å²) in [6.07, 6.45) is -65.5. The van der Waals surface area contributed by atoms with Crippen LogP contribution in [0.2, 0.25) is 0 Å². The number of ether oxygens (including phenoxy) is 12. The zero-order valence-electron chi connectivity index (χ0n) is 40.9. The molecule has 0 aromatic carbocycles. The highest BCUT2D eigenvalue weighted by atomic mass is 16.8.